The number of rotatable bonds is 6. The molecule has 0 radical (unpaired) electrons. The van der Waals surface area contributed by atoms with Gasteiger partial charge in [0.05, 0.1) is 18.8 Å². The summed E-state index contributed by atoms with van der Waals surface area (Å²) in [5.74, 6) is 0. The Hall–Kier alpha value is -0.120. The lowest BCUT2D eigenvalue weighted by molar-refractivity contribution is -0.0583. The van der Waals surface area contributed by atoms with Crippen molar-refractivity contribution >= 4 is 0 Å². The van der Waals surface area contributed by atoms with Gasteiger partial charge in [0.15, 0.2) is 0 Å². The lowest BCUT2D eigenvalue weighted by atomic mass is 10.1. The highest BCUT2D eigenvalue weighted by atomic mass is 16.5. The van der Waals surface area contributed by atoms with Crippen molar-refractivity contribution in [3.63, 3.8) is 0 Å². The molecule has 0 aromatic heterocycles. The predicted octanol–water partition coefficient (Wildman–Crippen LogP) is 1.57. The quantitative estimate of drug-likeness (QED) is 0.707. The summed E-state index contributed by atoms with van der Waals surface area (Å²) < 4.78 is 11.3. The van der Waals surface area contributed by atoms with Crippen LogP contribution in [0.3, 0.4) is 0 Å². The third-order valence-corrected chi connectivity index (χ3v) is 2.52. The summed E-state index contributed by atoms with van der Waals surface area (Å²) in [6, 6.07) is 0. The Morgan fingerprint density at radius 3 is 3.00 bits per heavy atom. The summed E-state index contributed by atoms with van der Waals surface area (Å²) in [6.45, 7) is 7.82. The maximum Gasteiger partial charge on any atom is 0.0808 e. The van der Waals surface area contributed by atoms with Crippen LogP contribution in [-0.2, 0) is 9.47 Å². The van der Waals surface area contributed by atoms with E-state index in [-0.39, 0.29) is 0 Å². The van der Waals surface area contributed by atoms with E-state index in [1.807, 2.05) is 0 Å². The van der Waals surface area contributed by atoms with Crippen LogP contribution in [0.25, 0.3) is 0 Å². The van der Waals surface area contributed by atoms with Gasteiger partial charge in [-0.25, -0.2) is 0 Å². The fraction of sp³-hybridized carbons (Fsp3) is 1.00. The summed E-state index contributed by atoms with van der Waals surface area (Å²) in [7, 11) is 0. The molecule has 1 N–H and O–H groups in total. The molecule has 0 aromatic carbocycles. The van der Waals surface area contributed by atoms with E-state index < -0.39 is 0 Å². The van der Waals surface area contributed by atoms with Gasteiger partial charge >= 0.3 is 0 Å². The molecule has 0 aromatic rings. The van der Waals surface area contributed by atoms with E-state index in [0.717, 1.165) is 32.7 Å². The Labute approximate surface area is 87.2 Å². The van der Waals surface area contributed by atoms with E-state index in [4.69, 9.17) is 9.47 Å². The number of hydrogen-bond acceptors (Lipinski definition) is 3. The molecule has 0 amide bonds. The van der Waals surface area contributed by atoms with E-state index in [1.165, 1.54) is 12.8 Å². The van der Waals surface area contributed by atoms with E-state index in [2.05, 4.69) is 19.2 Å². The van der Waals surface area contributed by atoms with Crippen molar-refractivity contribution in [1.82, 2.24) is 5.32 Å². The summed E-state index contributed by atoms with van der Waals surface area (Å²) in [5.41, 5.74) is 0. The standard InChI is InChI=1S/C11H23NO2/c1-3-12-8-10(2)14-9-11-6-4-5-7-13-11/h10-12H,3-9H2,1-2H3. The molecule has 3 heteroatoms. The van der Waals surface area contributed by atoms with Crippen LogP contribution in [0.2, 0.25) is 0 Å². The largest absolute Gasteiger partial charge is 0.376 e. The SMILES string of the molecule is CCNCC(C)OCC1CCCCO1. The predicted molar refractivity (Wildman–Crippen MR) is 57.5 cm³/mol. The minimum absolute atomic E-state index is 0.292. The van der Waals surface area contributed by atoms with Crippen LogP contribution in [-0.4, -0.2) is 38.5 Å². The van der Waals surface area contributed by atoms with Crippen LogP contribution >= 0.6 is 0 Å². The monoisotopic (exact) mass is 201 g/mol. The first kappa shape index (κ1) is 12.0. The molecule has 2 atom stereocenters. The van der Waals surface area contributed by atoms with Crippen LogP contribution in [0.5, 0.6) is 0 Å². The van der Waals surface area contributed by atoms with Gasteiger partial charge in [0.25, 0.3) is 0 Å². The topological polar surface area (TPSA) is 30.5 Å². The summed E-state index contributed by atoms with van der Waals surface area (Å²) in [6.07, 6.45) is 4.29. The lowest BCUT2D eigenvalue weighted by Crippen LogP contribution is -2.31. The van der Waals surface area contributed by atoms with Crippen molar-refractivity contribution < 1.29 is 9.47 Å². The molecular formula is C11H23NO2. The second kappa shape index (κ2) is 7.21. The van der Waals surface area contributed by atoms with Crippen LogP contribution in [0.1, 0.15) is 33.1 Å². The van der Waals surface area contributed by atoms with E-state index >= 15 is 0 Å². The average Bonchev–Trinajstić information content (AvgIpc) is 2.25. The maximum absolute atomic E-state index is 5.70. The highest BCUT2D eigenvalue weighted by Crippen LogP contribution is 2.13. The first-order valence-corrected chi connectivity index (χ1v) is 5.77. The molecule has 3 nitrogen and oxygen atoms in total. The molecule has 1 aliphatic heterocycles. The van der Waals surface area contributed by atoms with Gasteiger partial charge in [0.2, 0.25) is 0 Å². The second-order valence-corrected chi connectivity index (χ2v) is 3.94. The molecule has 0 saturated carbocycles. The number of likely N-dealkylation sites (N-methyl/N-ethyl adjacent to an activating group) is 1. The van der Waals surface area contributed by atoms with Gasteiger partial charge in [-0.15, -0.1) is 0 Å². The first-order valence-electron chi connectivity index (χ1n) is 5.77. The fourth-order valence-electron chi connectivity index (χ4n) is 1.62. The zero-order valence-corrected chi connectivity index (χ0v) is 9.42. The third kappa shape index (κ3) is 4.94. The minimum atomic E-state index is 0.292. The van der Waals surface area contributed by atoms with Crippen molar-refractivity contribution in [3.05, 3.63) is 0 Å². The molecule has 1 heterocycles. The Morgan fingerprint density at radius 2 is 2.36 bits per heavy atom. The zero-order chi connectivity index (χ0) is 10.2. The van der Waals surface area contributed by atoms with Gasteiger partial charge in [-0.1, -0.05) is 6.92 Å². The number of ether oxygens (including phenoxy) is 2. The van der Waals surface area contributed by atoms with Gasteiger partial charge < -0.3 is 14.8 Å². The molecule has 0 spiro atoms. The normalized spacial score (nSPS) is 24.9. The van der Waals surface area contributed by atoms with Gasteiger partial charge in [-0.3, -0.25) is 0 Å². The lowest BCUT2D eigenvalue weighted by Gasteiger charge is -2.24. The van der Waals surface area contributed by atoms with Crippen LogP contribution in [0.4, 0.5) is 0 Å². The maximum atomic E-state index is 5.70. The number of nitrogens with one attached hydrogen (secondary N) is 1. The summed E-state index contributed by atoms with van der Waals surface area (Å²) >= 11 is 0. The first-order chi connectivity index (χ1) is 6.83. The van der Waals surface area contributed by atoms with Crippen molar-refractivity contribution in [3.8, 4) is 0 Å². The van der Waals surface area contributed by atoms with Crippen LogP contribution in [0.15, 0.2) is 0 Å². The Balaban J connectivity index is 2.00. The van der Waals surface area contributed by atoms with Crippen LogP contribution < -0.4 is 5.32 Å². The molecule has 2 unspecified atom stereocenters. The van der Waals surface area contributed by atoms with Crippen molar-refractivity contribution in [2.45, 2.75) is 45.3 Å². The highest BCUT2D eigenvalue weighted by molar-refractivity contribution is 4.64. The summed E-state index contributed by atoms with van der Waals surface area (Å²) in [4.78, 5) is 0. The number of hydrogen-bond donors (Lipinski definition) is 1. The van der Waals surface area contributed by atoms with Gasteiger partial charge in [-0.2, -0.15) is 0 Å². The molecule has 1 fully saturated rings. The van der Waals surface area contributed by atoms with Gasteiger partial charge in [0, 0.05) is 13.2 Å². The summed E-state index contributed by atoms with van der Waals surface area (Å²) in [5, 5.41) is 3.27. The van der Waals surface area contributed by atoms with E-state index in [9.17, 15) is 0 Å². The van der Waals surface area contributed by atoms with Crippen LogP contribution in [0, 0.1) is 0 Å². The van der Waals surface area contributed by atoms with E-state index in [0.29, 0.717) is 12.2 Å². The molecule has 1 aliphatic rings. The Bertz CT molecular complexity index is 135. The van der Waals surface area contributed by atoms with E-state index in [1.54, 1.807) is 0 Å². The average molecular weight is 201 g/mol. The smallest absolute Gasteiger partial charge is 0.0808 e. The second-order valence-electron chi connectivity index (χ2n) is 3.94. The van der Waals surface area contributed by atoms with Crippen molar-refractivity contribution in [2.75, 3.05) is 26.3 Å². The molecule has 14 heavy (non-hydrogen) atoms. The molecule has 1 rings (SSSR count). The molecule has 0 bridgehead atoms. The third-order valence-electron chi connectivity index (χ3n) is 2.52. The Morgan fingerprint density at radius 1 is 1.50 bits per heavy atom. The van der Waals surface area contributed by atoms with Crippen molar-refractivity contribution in [2.24, 2.45) is 0 Å². The molecule has 84 valence electrons. The Kier molecular flexibility index (Phi) is 6.15. The fourth-order valence-corrected chi connectivity index (χ4v) is 1.62. The van der Waals surface area contributed by atoms with Crippen molar-refractivity contribution in [1.29, 1.82) is 0 Å². The molecule has 1 saturated heterocycles. The zero-order valence-electron chi connectivity index (χ0n) is 9.42. The van der Waals surface area contributed by atoms with Gasteiger partial charge in [-0.05, 0) is 32.7 Å². The minimum Gasteiger partial charge on any atom is -0.376 e. The molecular weight excluding hydrogens is 178 g/mol. The van der Waals surface area contributed by atoms with Gasteiger partial charge in [0.1, 0.15) is 0 Å². The molecule has 0 aliphatic carbocycles. The highest BCUT2D eigenvalue weighted by Gasteiger charge is 2.14.